The first kappa shape index (κ1) is 14.2. The van der Waals surface area contributed by atoms with Crippen LogP contribution in [0.1, 0.15) is 33.6 Å². The number of rotatable bonds is 7. The predicted octanol–water partition coefficient (Wildman–Crippen LogP) is 3.52. The van der Waals surface area contributed by atoms with Crippen molar-refractivity contribution in [1.82, 2.24) is 9.97 Å². The van der Waals surface area contributed by atoms with Crippen LogP contribution in [0, 0.1) is 5.92 Å². The van der Waals surface area contributed by atoms with Gasteiger partial charge in [0.2, 0.25) is 0 Å². The highest BCUT2D eigenvalue weighted by Crippen LogP contribution is 2.26. The average Bonchev–Trinajstić information content (AvgIpc) is 2.29. The van der Waals surface area contributed by atoms with Crippen molar-refractivity contribution in [3.63, 3.8) is 0 Å². The lowest BCUT2D eigenvalue weighted by Gasteiger charge is -2.11. The van der Waals surface area contributed by atoms with E-state index in [-0.39, 0.29) is 0 Å². The van der Waals surface area contributed by atoms with Crippen molar-refractivity contribution < 1.29 is 0 Å². The van der Waals surface area contributed by atoms with Crippen LogP contribution in [-0.4, -0.2) is 23.1 Å². The van der Waals surface area contributed by atoms with E-state index in [0.29, 0.717) is 0 Å². The molecule has 0 atom stereocenters. The summed E-state index contributed by atoms with van der Waals surface area (Å²) in [6, 6.07) is 0. The van der Waals surface area contributed by atoms with Crippen LogP contribution in [-0.2, 0) is 0 Å². The summed E-state index contributed by atoms with van der Waals surface area (Å²) in [5.41, 5.74) is 0. The maximum atomic E-state index is 4.23. The minimum Gasteiger partial charge on any atom is -0.369 e. The normalized spacial score (nSPS) is 10.6. The van der Waals surface area contributed by atoms with E-state index in [1.54, 1.807) is 6.33 Å². The molecular weight excluding hydrogens is 280 g/mol. The van der Waals surface area contributed by atoms with Crippen LogP contribution >= 0.6 is 15.9 Å². The molecule has 0 fully saturated rings. The van der Waals surface area contributed by atoms with Crippen LogP contribution in [0.25, 0.3) is 0 Å². The van der Waals surface area contributed by atoms with Crippen LogP contribution in [0.2, 0.25) is 0 Å². The molecule has 0 aliphatic rings. The van der Waals surface area contributed by atoms with Crippen molar-refractivity contribution in [2.24, 2.45) is 5.92 Å². The van der Waals surface area contributed by atoms with Crippen LogP contribution in [0.5, 0.6) is 0 Å². The number of halogens is 1. The third kappa shape index (κ3) is 4.89. The van der Waals surface area contributed by atoms with Gasteiger partial charge in [-0.15, -0.1) is 0 Å². The van der Waals surface area contributed by atoms with Crippen molar-refractivity contribution in [3.8, 4) is 0 Å². The molecule has 0 saturated heterocycles. The fraction of sp³-hybridized carbons (Fsp3) is 0.667. The monoisotopic (exact) mass is 300 g/mol. The summed E-state index contributed by atoms with van der Waals surface area (Å²) in [6.45, 7) is 8.32. The molecular formula is C12H21BrN4. The van der Waals surface area contributed by atoms with Crippen LogP contribution in [0.3, 0.4) is 0 Å². The van der Waals surface area contributed by atoms with Crippen molar-refractivity contribution in [1.29, 1.82) is 0 Å². The third-order valence-electron chi connectivity index (χ3n) is 2.38. The Balaban J connectivity index is 2.50. The second-order valence-electron chi connectivity index (χ2n) is 4.38. The van der Waals surface area contributed by atoms with Gasteiger partial charge in [-0.1, -0.05) is 13.8 Å². The Bertz CT molecular complexity index is 341. The van der Waals surface area contributed by atoms with Gasteiger partial charge in [0.25, 0.3) is 0 Å². The largest absolute Gasteiger partial charge is 0.369 e. The predicted molar refractivity (Wildman–Crippen MR) is 76.5 cm³/mol. The maximum absolute atomic E-state index is 4.23. The molecule has 0 bridgehead atoms. The Morgan fingerprint density at radius 1 is 1.24 bits per heavy atom. The molecule has 0 amide bonds. The van der Waals surface area contributed by atoms with Crippen LogP contribution in [0.4, 0.5) is 11.6 Å². The van der Waals surface area contributed by atoms with Crippen molar-refractivity contribution in [2.45, 2.75) is 33.6 Å². The summed E-state index contributed by atoms with van der Waals surface area (Å²) in [5.74, 6) is 2.46. The number of nitrogens with zero attached hydrogens (tertiary/aromatic N) is 2. The van der Waals surface area contributed by atoms with Gasteiger partial charge in [0.1, 0.15) is 22.4 Å². The van der Waals surface area contributed by atoms with E-state index in [4.69, 9.17) is 0 Å². The van der Waals surface area contributed by atoms with E-state index in [2.05, 4.69) is 50.4 Å². The van der Waals surface area contributed by atoms with E-state index in [1.807, 2.05) is 6.92 Å². The average molecular weight is 301 g/mol. The van der Waals surface area contributed by atoms with E-state index >= 15 is 0 Å². The Hall–Kier alpha value is -0.840. The Morgan fingerprint density at radius 3 is 2.47 bits per heavy atom. The summed E-state index contributed by atoms with van der Waals surface area (Å²) in [6.07, 6.45) is 3.97. The molecule has 0 radical (unpaired) electrons. The van der Waals surface area contributed by atoms with E-state index in [1.165, 1.54) is 6.42 Å². The number of hydrogen-bond donors (Lipinski definition) is 2. The number of nitrogens with one attached hydrogen (secondary N) is 2. The summed E-state index contributed by atoms with van der Waals surface area (Å²) in [5, 5.41) is 6.52. The molecule has 96 valence electrons. The zero-order chi connectivity index (χ0) is 12.7. The van der Waals surface area contributed by atoms with Crippen LogP contribution < -0.4 is 10.6 Å². The SMILES string of the molecule is CCNc1ncnc(NCCCC(C)C)c1Br. The van der Waals surface area contributed by atoms with Gasteiger partial charge in [0, 0.05) is 13.1 Å². The first-order valence-corrected chi connectivity index (χ1v) is 6.92. The van der Waals surface area contributed by atoms with Gasteiger partial charge in [-0.25, -0.2) is 9.97 Å². The first-order valence-electron chi connectivity index (χ1n) is 6.13. The van der Waals surface area contributed by atoms with Gasteiger partial charge in [0.05, 0.1) is 0 Å². The second-order valence-corrected chi connectivity index (χ2v) is 5.17. The molecule has 0 saturated carbocycles. The first-order chi connectivity index (χ1) is 8.15. The fourth-order valence-corrected chi connectivity index (χ4v) is 1.99. The molecule has 1 aromatic rings. The van der Waals surface area contributed by atoms with Crippen LogP contribution in [0.15, 0.2) is 10.8 Å². The summed E-state index contributed by atoms with van der Waals surface area (Å²) in [7, 11) is 0. The smallest absolute Gasteiger partial charge is 0.145 e. The highest BCUT2D eigenvalue weighted by molar-refractivity contribution is 9.10. The molecule has 0 aliphatic carbocycles. The number of anilines is 2. The zero-order valence-corrected chi connectivity index (χ0v) is 12.3. The molecule has 4 nitrogen and oxygen atoms in total. The fourth-order valence-electron chi connectivity index (χ4n) is 1.50. The quantitative estimate of drug-likeness (QED) is 0.757. The lowest BCUT2D eigenvalue weighted by atomic mass is 10.1. The lowest BCUT2D eigenvalue weighted by molar-refractivity contribution is 0.566. The molecule has 5 heteroatoms. The molecule has 0 spiro atoms. The van der Waals surface area contributed by atoms with Gasteiger partial charge in [-0.3, -0.25) is 0 Å². The number of hydrogen-bond acceptors (Lipinski definition) is 4. The minimum absolute atomic E-state index is 0.753. The van der Waals surface area contributed by atoms with Gasteiger partial charge >= 0.3 is 0 Å². The van der Waals surface area contributed by atoms with Crippen molar-refractivity contribution >= 4 is 27.6 Å². The zero-order valence-electron chi connectivity index (χ0n) is 10.8. The Labute approximate surface area is 112 Å². The summed E-state index contributed by atoms with van der Waals surface area (Å²) >= 11 is 3.51. The summed E-state index contributed by atoms with van der Waals surface area (Å²) < 4.78 is 0.909. The second kappa shape index (κ2) is 7.48. The molecule has 17 heavy (non-hydrogen) atoms. The maximum Gasteiger partial charge on any atom is 0.145 e. The number of aromatic nitrogens is 2. The molecule has 0 aliphatic heterocycles. The molecule has 0 aromatic carbocycles. The molecule has 1 rings (SSSR count). The molecule has 2 N–H and O–H groups in total. The molecule has 1 aromatic heterocycles. The third-order valence-corrected chi connectivity index (χ3v) is 3.14. The molecule has 0 unspecified atom stereocenters. The minimum atomic E-state index is 0.753. The lowest BCUT2D eigenvalue weighted by Crippen LogP contribution is -2.08. The standard InChI is InChI=1S/C12H21BrN4/c1-4-14-11-10(13)12(17-8-16-11)15-7-5-6-9(2)3/h8-9H,4-7H2,1-3H3,(H2,14,15,16,17). The van der Waals surface area contributed by atoms with Gasteiger partial charge in [-0.2, -0.15) is 0 Å². The highest BCUT2D eigenvalue weighted by atomic mass is 79.9. The highest BCUT2D eigenvalue weighted by Gasteiger charge is 2.07. The van der Waals surface area contributed by atoms with Crippen molar-refractivity contribution in [3.05, 3.63) is 10.8 Å². The molecule has 1 heterocycles. The van der Waals surface area contributed by atoms with E-state index < -0.39 is 0 Å². The van der Waals surface area contributed by atoms with E-state index in [0.717, 1.165) is 41.5 Å². The topological polar surface area (TPSA) is 49.8 Å². The van der Waals surface area contributed by atoms with Gasteiger partial charge in [0.15, 0.2) is 0 Å². The van der Waals surface area contributed by atoms with Gasteiger partial charge < -0.3 is 10.6 Å². The van der Waals surface area contributed by atoms with E-state index in [9.17, 15) is 0 Å². The van der Waals surface area contributed by atoms with Crippen molar-refractivity contribution in [2.75, 3.05) is 23.7 Å². The Kier molecular flexibility index (Phi) is 6.26. The summed E-state index contributed by atoms with van der Waals surface area (Å²) in [4.78, 5) is 8.40. The Morgan fingerprint density at radius 2 is 1.88 bits per heavy atom. The van der Waals surface area contributed by atoms with Gasteiger partial charge in [-0.05, 0) is 41.6 Å².